The van der Waals surface area contributed by atoms with Crippen LogP contribution in [-0.2, 0) is 17.8 Å². The smallest absolute Gasteiger partial charge is 0.246 e. The highest BCUT2D eigenvalue weighted by Crippen LogP contribution is 2.21. The summed E-state index contributed by atoms with van der Waals surface area (Å²) in [6, 6.07) is 14.8. The molecule has 0 aliphatic rings. The summed E-state index contributed by atoms with van der Waals surface area (Å²) in [6.45, 7) is 4.30. The van der Waals surface area contributed by atoms with Gasteiger partial charge in [0.15, 0.2) is 0 Å². The van der Waals surface area contributed by atoms with Crippen molar-refractivity contribution >= 4 is 5.91 Å². The van der Waals surface area contributed by atoms with Gasteiger partial charge < -0.3 is 18.9 Å². The Balaban J connectivity index is 1.72. The Labute approximate surface area is 169 Å². The number of benzene rings is 2. The summed E-state index contributed by atoms with van der Waals surface area (Å²) in [5.74, 6) is 2.15. The van der Waals surface area contributed by atoms with Gasteiger partial charge in [-0.15, -0.1) is 6.58 Å². The monoisotopic (exact) mass is 393 g/mol. The maximum Gasteiger partial charge on any atom is 0.246 e. The Kier molecular flexibility index (Phi) is 6.63. The molecule has 0 fully saturated rings. The summed E-state index contributed by atoms with van der Waals surface area (Å²) in [6.07, 6.45) is 1.87. The van der Waals surface area contributed by atoms with E-state index in [1.165, 1.54) is 0 Å². The molecule has 0 N–H and O–H groups in total. The first-order chi connectivity index (χ1) is 14.1. The van der Waals surface area contributed by atoms with Gasteiger partial charge in [0.25, 0.3) is 0 Å². The highest BCUT2D eigenvalue weighted by Gasteiger charge is 2.19. The Morgan fingerprint density at radius 2 is 1.90 bits per heavy atom. The topological polar surface area (TPSA) is 77.7 Å². The summed E-state index contributed by atoms with van der Waals surface area (Å²) in [7, 11) is 3.20. The van der Waals surface area contributed by atoms with Crippen molar-refractivity contribution in [2.24, 2.45) is 0 Å². The quantitative estimate of drug-likeness (QED) is 0.518. The highest BCUT2D eigenvalue weighted by atomic mass is 16.5. The van der Waals surface area contributed by atoms with Gasteiger partial charge in [-0.1, -0.05) is 29.4 Å². The van der Waals surface area contributed by atoms with Gasteiger partial charge in [0.2, 0.25) is 17.6 Å². The molecule has 0 aliphatic heterocycles. The van der Waals surface area contributed by atoms with Crippen LogP contribution in [0.15, 0.2) is 65.7 Å². The number of hydrogen-bond donors (Lipinski definition) is 0. The molecule has 1 heterocycles. The lowest BCUT2D eigenvalue weighted by Gasteiger charge is -2.19. The van der Waals surface area contributed by atoms with Gasteiger partial charge in [-0.05, 0) is 30.3 Å². The third kappa shape index (κ3) is 5.01. The molecular formula is C22H23N3O4. The van der Waals surface area contributed by atoms with Gasteiger partial charge in [0.05, 0.1) is 20.6 Å². The molecule has 0 unspecified atom stereocenters. The third-order valence-corrected chi connectivity index (χ3v) is 4.38. The van der Waals surface area contributed by atoms with Crippen LogP contribution >= 0.6 is 0 Å². The zero-order valence-electron chi connectivity index (χ0n) is 16.5. The second kappa shape index (κ2) is 9.54. The van der Waals surface area contributed by atoms with E-state index in [9.17, 15) is 4.79 Å². The maximum absolute atomic E-state index is 12.8. The van der Waals surface area contributed by atoms with Gasteiger partial charge in [-0.25, -0.2) is 0 Å². The molecule has 29 heavy (non-hydrogen) atoms. The van der Waals surface area contributed by atoms with Gasteiger partial charge in [0.1, 0.15) is 18.0 Å². The van der Waals surface area contributed by atoms with Gasteiger partial charge in [-0.2, -0.15) is 4.98 Å². The maximum atomic E-state index is 12.8. The van der Waals surface area contributed by atoms with Crippen LogP contribution in [0.3, 0.4) is 0 Å². The van der Waals surface area contributed by atoms with Crippen molar-refractivity contribution in [2.75, 3.05) is 20.8 Å². The van der Waals surface area contributed by atoms with E-state index in [0.29, 0.717) is 24.0 Å². The standard InChI is InChI=1S/C22H23N3O4/c1-4-13-25(21(26)14-17-7-5-6-8-19(17)28-3)15-20-23-22(24-29-20)16-9-11-18(27-2)12-10-16/h4-12H,1,13-15H2,2-3H3. The number of nitrogens with zero attached hydrogens (tertiary/aromatic N) is 3. The van der Waals surface area contributed by atoms with Crippen molar-refractivity contribution in [3.8, 4) is 22.9 Å². The average Bonchev–Trinajstić information content (AvgIpc) is 3.22. The minimum absolute atomic E-state index is 0.0846. The zero-order valence-corrected chi connectivity index (χ0v) is 16.5. The first-order valence-corrected chi connectivity index (χ1v) is 9.12. The van der Waals surface area contributed by atoms with Crippen LogP contribution in [0.2, 0.25) is 0 Å². The molecule has 0 atom stereocenters. The Morgan fingerprint density at radius 3 is 2.59 bits per heavy atom. The minimum Gasteiger partial charge on any atom is -0.497 e. The van der Waals surface area contributed by atoms with Crippen molar-refractivity contribution in [1.29, 1.82) is 0 Å². The van der Waals surface area contributed by atoms with Gasteiger partial charge in [-0.3, -0.25) is 4.79 Å². The van der Waals surface area contributed by atoms with Crippen molar-refractivity contribution in [3.63, 3.8) is 0 Å². The van der Waals surface area contributed by atoms with Gasteiger partial charge in [0, 0.05) is 17.7 Å². The SMILES string of the molecule is C=CCN(Cc1nc(-c2ccc(OC)cc2)no1)C(=O)Cc1ccccc1OC. The van der Waals surface area contributed by atoms with Crippen LogP contribution in [0.25, 0.3) is 11.4 Å². The molecule has 7 heteroatoms. The number of carbonyl (C=O) groups is 1. The fourth-order valence-electron chi connectivity index (χ4n) is 2.87. The second-order valence-electron chi connectivity index (χ2n) is 6.29. The van der Waals surface area contributed by atoms with E-state index in [2.05, 4.69) is 16.7 Å². The Morgan fingerprint density at radius 1 is 1.14 bits per heavy atom. The lowest BCUT2D eigenvalue weighted by atomic mass is 10.1. The van der Waals surface area contributed by atoms with Crippen molar-refractivity contribution in [3.05, 3.63) is 72.6 Å². The summed E-state index contributed by atoms with van der Waals surface area (Å²) in [5.41, 5.74) is 1.62. The number of hydrogen-bond acceptors (Lipinski definition) is 6. The number of rotatable bonds is 9. The molecule has 3 aromatic rings. The molecule has 2 aromatic carbocycles. The van der Waals surface area contributed by atoms with E-state index in [-0.39, 0.29) is 18.9 Å². The molecule has 150 valence electrons. The normalized spacial score (nSPS) is 10.4. The van der Waals surface area contributed by atoms with E-state index in [1.54, 1.807) is 25.2 Å². The van der Waals surface area contributed by atoms with E-state index < -0.39 is 0 Å². The molecule has 7 nitrogen and oxygen atoms in total. The van der Waals surface area contributed by atoms with E-state index in [1.807, 2.05) is 48.5 Å². The third-order valence-electron chi connectivity index (χ3n) is 4.38. The van der Waals surface area contributed by atoms with Crippen LogP contribution in [0.4, 0.5) is 0 Å². The summed E-state index contributed by atoms with van der Waals surface area (Å²) in [4.78, 5) is 18.9. The number of ether oxygens (including phenoxy) is 2. The van der Waals surface area contributed by atoms with E-state index in [4.69, 9.17) is 14.0 Å². The fraction of sp³-hybridized carbons (Fsp3) is 0.227. The van der Waals surface area contributed by atoms with Crippen LogP contribution in [0, 0.1) is 0 Å². The second-order valence-corrected chi connectivity index (χ2v) is 6.29. The lowest BCUT2D eigenvalue weighted by molar-refractivity contribution is -0.130. The number of methoxy groups -OCH3 is 2. The van der Waals surface area contributed by atoms with Gasteiger partial charge >= 0.3 is 0 Å². The first-order valence-electron chi connectivity index (χ1n) is 9.12. The Bertz CT molecular complexity index is 966. The number of aromatic nitrogens is 2. The first kappa shape index (κ1) is 20.1. The number of para-hydroxylation sites is 1. The predicted molar refractivity (Wildman–Crippen MR) is 109 cm³/mol. The molecule has 0 aliphatic carbocycles. The minimum atomic E-state index is -0.0846. The summed E-state index contributed by atoms with van der Waals surface area (Å²) < 4.78 is 15.8. The molecule has 1 amide bonds. The van der Waals surface area contributed by atoms with Crippen molar-refractivity contribution in [2.45, 2.75) is 13.0 Å². The van der Waals surface area contributed by atoms with Crippen LogP contribution in [0.5, 0.6) is 11.5 Å². The fourth-order valence-corrected chi connectivity index (χ4v) is 2.87. The molecule has 0 spiro atoms. The van der Waals surface area contributed by atoms with Crippen molar-refractivity contribution < 1.29 is 18.8 Å². The van der Waals surface area contributed by atoms with Crippen LogP contribution < -0.4 is 9.47 Å². The predicted octanol–water partition coefficient (Wildman–Crippen LogP) is 3.51. The lowest BCUT2D eigenvalue weighted by Crippen LogP contribution is -2.32. The molecule has 0 saturated carbocycles. The van der Waals surface area contributed by atoms with E-state index in [0.717, 1.165) is 16.9 Å². The largest absolute Gasteiger partial charge is 0.497 e. The zero-order chi connectivity index (χ0) is 20.6. The average molecular weight is 393 g/mol. The molecule has 3 rings (SSSR count). The molecule has 0 saturated heterocycles. The molecule has 0 radical (unpaired) electrons. The van der Waals surface area contributed by atoms with E-state index >= 15 is 0 Å². The molecule has 1 aromatic heterocycles. The summed E-state index contributed by atoms with van der Waals surface area (Å²) in [5, 5.41) is 4.02. The number of amides is 1. The molecular weight excluding hydrogens is 370 g/mol. The molecule has 0 bridgehead atoms. The van der Waals surface area contributed by atoms with Crippen LogP contribution in [0.1, 0.15) is 11.5 Å². The highest BCUT2D eigenvalue weighted by molar-refractivity contribution is 5.79. The van der Waals surface area contributed by atoms with Crippen LogP contribution in [-0.4, -0.2) is 41.7 Å². The van der Waals surface area contributed by atoms with Crippen molar-refractivity contribution in [1.82, 2.24) is 15.0 Å². The summed E-state index contributed by atoms with van der Waals surface area (Å²) >= 11 is 0. The Hall–Kier alpha value is -3.61. The number of carbonyl (C=O) groups excluding carboxylic acids is 1.